The van der Waals surface area contributed by atoms with Gasteiger partial charge in [-0.05, 0) is 55.4 Å². The highest BCUT2D eigenvalue weighted by molar-refractivity contribution is 9.10. The van der Waals surface area contributed by atoms with E-state index in [1.54, 1.807) is 12.1 Å². The number of hydrogen-bond donors (Lipinski definition) is 2. The molecule has 0 unspecified atom stereocenters. The zero-order valence-electron chi connectivity index (χ0n) is 15.5. The molecule has 0 aliphatic carbocycles. The van der Waals surface area contributed by atoms with Crippen molar-refractivity contribution in [3.05, 3.63) is 52.5 Å². The maximum atomic E-state index is 12.6. The van der Waals surface area contributed by atoms with Gasteiger partial charge in [-0.25, -0.2) is 0 Å². The van der Waals surface area contributed by atoms with E-state index in [2.05, 4.69) is 40.4 Å². The molecule has 0 aliphatic rings. The molecule has 0 aliphatic heterocycles. The van der Waals surface area contributed by atoms with Crippen molar-refractivity contribution in [1.29, 1.82) is 0 Å². The number of carbonyl (C=O) groups excluding carboxylic acids is 1. The number of anilines is 1. The van der Waals surface area contributed by atoms with Crippen molar-refractivity contribution in [2.24, 2.45) is 5.92 Å². The Hall–Kier alpha value is -2.12. The lowest BCUT2D eigenvalue weighted by molar-refractivity contribution is 0.0974. The smallest absolute Gasteiger partial charge is 0.261 e. The molecule has 0 atom stereocenters. The minimum atomic E-state index is -0.343. The third kappa shape index (κ3) is 6.84. The molecule has 5 nitrogen and oxygen atoms in total. The summed E-state index contributed by atoms with van der Waals surface area (Å²) < 4.78 is 12.0. The van der Waals surface area contributed by atoms with E-state index in [4.69, 9.17) is 21.7 Å². The average molecular weight is 451 g/mol. The number of rotatable bonds is 7. The van der Waals surface area contributed by atoms with Crippen LogP contribution >= 0.6 is 28.1 Å². The SMILES string of the molecule is CCOc1ccc(Br)cc1C(=O)NC(=S)Nc1cccc(OCC(C)C)c1. The Morgan fingerprint density at radius 1 is 1.19 bits per heavy atom. The fourth-order valence-electron chi connectivity index (χ4n) is 2.22. The molecule has 2 rings (SSSR count). The minimum absolute atomic E-state index is 0.198. The van der Waals surface area contributed by atoms with Crippen molar-refractivity contribution in [2.45, 2.75) is 20.8 Å². The molecule has 0 heterocycles. The molecule has 2 aromatic carbocycles. The van der Waals surface area contributed by atoms with Gasteiger partial charge < -0.3 is 14.8 Å². The van der Waals surface area contributed by atoms with Gasteiger partial charge in [0, 0.05) is 16.2 Å². The molecule has 27 heavy (non-hydrogen) atoms. The highest BCUT2D eigenvalue weighted by Crippen LogP contribution is 2.23. The van der Waals surface area contributed by atoms with Crippen LogP contribution in [0.3, 0.4) is 0 Å². The topological polar surface area (TPSA) is 59.6 Å². The van der Waals surface area contributed by atoms with Crippen molar-refractivity contribution >= 4 is 44.9 Å². The molecule has 0 fully saturated rings. The van der Waals surface area contributed by atoms with Crippen LogP contribution < -0.4 is 20.1 Å². The van der Waals surface area contributed by atoms with E-state index in [9.17, 15) is 4.79 Å². The van der Waals surface area contributed by atoms with Gasteiger partial charge in [-0.15, -0.1) is 0 Å². The zero-order chi connectivity index (χ0) is 19.8. The van der Waals surface area contributed by atoms with Crippen LogP contribution in [0.2, 0.25) is 0 Å². The van der Waals surface area contributed by atoms with Crippen molar-refractivity contribution in [3.8, 4) is 11.5 Å². The Bertz CT molecular complexity index is 812. The van der Waals surface area contributed by atoms with Gasteiger partial charge in [-0.3, -0.25) is 10.1 Å². The Morgan fingerprint density at radius 3 is 2.67 bits per heavy atom. The van der Waals surface area contributed by atoms with Crippen LogP contribution in [0.25, 0.3) is 0 Å². The second-order valence-electron chi connectivity index (χ2n) is 6.21. The maximum absolute atomic E-state index is 12.6. The monoisotopic (exact) mass is 450 g/mol. The van der Waals surface area contributed by atoms with Crippen LogP contribution in [0.1, 0.15) is 31.1 Å². The summed E-state index contributed by atoms with van der Waals surface area (Å²) in [4.78, 5) is 12.6. The summed E-state index contributed by atoms with van der Waals surface area (Å²) in [6, 6.07) is 12.7. The van der Waals surface area contributed by atoms with Gasteiger partial charge in [-0.2, -0.15) is 0 Å². The predicted molar refractivity (Wildman–Crippen MR) is 116 cm³/mol. The van der Waals surface area contributed by atoms with Gasteiger partial charge in [0.05, 0.1) is 18.8 Å². The summed E-state index contributed by atoms with van der Waals surface area (Å²) in [5.74, 6) is 1.34. The van der Waals surface area contributed by atoms with Crippen LogP contribution in [-0.4, -0.2) is 24.2 Å². The molecule has 144 valence electrons. The number of benzene rings is 2. The van der Waals surface area contributed by atoms with Crippen LogP contribution in [0, 0.1) is 5.92 Å². The molecular weight excluding hydrogens is 428 g/mol. The maximum Gasteiger partial charge on any atom is 0.261 e. The summed E-state index contributed by atoms with van der Waals surface area (Å²) in [7, 11) is 0. The summed E-state index contributed by atoms with van der Waals surface area (Å²) in [6.07, 6.45) is 0. The molecule has 7 heteroatoms. The first kappa shape index (κ1) is 21.2. The van der Waals surface area contributed by atoms with Crippen molar-refractivity contribution in [2.75, 3.05) is 18.5 Å². The molecule has 0 saturated carbocycles. The average Bonchev–Trinajstić information content (AvgIpc) is 2.61. The van der Waals surface area contributed by atoms with E-state index >= 15 is 0 Å². The van der Waals surface area contributed by atoms with Gasteiger partial charge in [0.1, 0.15) is 11.5 Å². The summed E-state index contributed by atoms with van der Waals surface area (Å²) in [5, 5.41) is 5.88. The van der Waals surface area contributed by atoms with Crippen LogP contribution in [0.5, 0.6) is 11.5 Å². The first-order valence-corrected chi connectivity index (χ1v) is 9.86. The quantitative estimate of drug-likeness (QED) is 0.580. The van der Waals surface area contributed by atoms with Gasteiger partial charge in [0.15, 0.2) is 5.11 Å². The fourth-order valence-corrected chi connectivity index (χ4v) is 2.79. The normalized spacial score (nSPS) is 10.4. The van der Waals surface area contributed by atoms with Crippen molar-refractivity contribution in [3.63, 3.8) is 0 Å². The van der Waals surface area contributed by atoms with E-state index in [0.717, 1.165) is 15.9 Å². The lowest BCUT2D eigenvalue weighted by atomic mass is 10.2. The van der Waals surface area contributed by atoms with Crippen molar-refractivity contribution in [1.82, 2.24) is 5.32 Å². The van der Waals surface area contributed by atoms with Gasteiger partial charge in [-0.1, -0.05) is 35.8 Å². The van der Waals surface area contributed by atoms with E-state index in [-0.39, 0.29) is 11.0 Å². The largest absolute Gasteiger partial charge is 0.493 e. The van der Waals surface area contributed by atoms with Gasteiger partial charge in [0.25, 0.3) is 5.91 Å². The summed E-state index contributed by atoms with van der Waals surface area (Å²) in [6.45, 7) is 7.14. The Balaban J connectivity index is 2.02. The fraction of sp³-hybridized carbons (Fsp3) is 0.300. The number of hydrogen-bond acceptors (Lipinski definition) is 4. The lowest BCUT2D eigenvalue weighted by Crippen LogP contribution is -2.34. The van der Waals surface area contributed by atoms with E-state index < -0.39 is 0 Å². The Labute approximate surface area is 173 Å². The Kier molecular flexibility index (Phi) is 8.06. The third-order valence-electron chi connectivity index (χ3n) is 3.39. The van der Waals surface area contributed by atoms with Gasteiger partial charge in [0.2, 0.25) is 0 Å². The first-order chi connectivity index (χ1) is 12.9. The van der Waals surface area contributed by atoms with Crippen molar-refractivity contribution < 1.29 is 14.3 Å². The molecule has 0 bridgehead atoms. The van der Waals surface area contributed by atoms with Crippen LogP contribution in [0.15, 0.2) is 46.9 Å². The number of thiocarbonyl (C=S) groups is 1. The van der Waals surface area contributed by atoms with Crippen LogP contribution in [0.4, 0.5) is 5.69 Å². The van der Waals surface area contributed by atoms with E-state index in [1.807, 2.05) is 37.3 Å². The third-order valence-corrected chi connectivity index (χ3v) is 4.09. The van der Waals surface area contributed by atoms with E-state index in [0.29, 0.717) is 30.4 Å². The van der Waals surface area contributed by atoms with E-state index in [1.165, 1.54) is 0 Å². The van der Waals surface area contributed by atoms with Gasteiger partial charge >= 0.3 is 0 Å². The first-order valence-electron chi connectivity index (χ1n) is 8.66. The zero-order valence-corrected chi connectivity index (χ0v) is 17.9. The highest BCUT2D eigenvalue weighted by Gasteiger charge is 2.15. The molecule has 0 aromatic heterocycles. The molecular formula is C20H23BrN2O3S. The second-order valence-corrected chi connectivity index (χ2v) is 7.54. The number of carbonyl (C=O) groups is 1. The standard InChI is InChI=1S/C20H23BrN2O3S/c1-4-25-18-9-8-14(21)10-17(18)19(24)23-20(27)22-15-6-5-7-16(11-15)26-12-13(2)3/h5-11,13H,4,12H2,1-3H3,(H2,22,23,24,27). The van der Waals surface area contributed by atoms with Crippen LogP contribution in [-0.2, 0) is 0 Å². The predicted octanol–water partition coefficient (Wildman–Crippen LogP) is 5.01. The molecule has 0 spiro atoms. The number of ether oxygens (including phenoxy) is 2. The summed E-state index contributed by atoms with van der Waals surface area (Å²) in [5.41, 5.74) is 1.14. The molecule has 1 amide bonds. The molecule has 0 saturated heterocycles. The molecule has 2 N–H and O–H groups in total. The molecule has 2 aromatic rings. The summed E-state index contributed by atoms with van der Waals surface area (Å²) >= 11 is 8.64. The number of amides is 1. The molecule has 0 radical (unpaired) electrons. The number of halogens is 1. The number of nitrogens with one attached hydrogen (secondary N) is 2. The minimum Gasteiger partial charge on any atom is -0.493 e. The second kappa shape index (κ2) is 10.3. The highest BCUT2D eigenvalue weighted by atomic mass is 79.9. The lowest BCUT2D eigenvalue weighted by Gasteiger charge is -2.14. The Morgan fingerprint density at radius 2 is 1.96 bits per heavy atom.